The number of nitrogens with two attached hydrogens (primary N) is 1. The summed E-state index contributed by atoms with van der Waals surface area (Å²) in [6.45, 7) is 4.07. The highest BCUT2D eigenvalue weighted by atomic mass is 15.2. The standard InChI is InChI=1S/C11H20N4/c1-7-11(8(2)15-14-7)13-10-5-3-4-9(12)6-10/h9-10,13H,3-6,12H2,1-2H3,(H,14,15). The molecule has 1 heterocycles. The maximum absolute atomic E-state index is 5.97. The maximum Gasteiger partial charge on any atom is 0.0825 e. The highest BCUT2D eigenvalue weighted by Crippen LogP contribution is 2.24. The van der Waals surface area contributed by atoms with Gasteiger partial charge in [-0.05, 0) is 39.5 Å². The number of aromatic nitrogens is 2. The van der Waals surface area contributed by atoms with Gasteiger partial charge in [0.25, 0.3) is 0 Å². The molecule has 84 valence electrons. The van der Waals surface area contributed by atoms with Crippen molar-refractivity contribution >= 4 is 5.69 Å². The van der Waals surface area contributed by atoms with Crippen molar-refractivity contribution in [3.8, 4) is 0 Å². The van der Waals surface area contributed by atoms with Crippen molar-refractivity contribution in [1.29, 1.82) is 0 Å². The van der Waals surface area contributed by atoms with E-state index in [0.29, 0.717) is 12.1 Å². The molecule has 2 rings (SSSR count). The molecule has 1 fully saturated rings. The summed E-state index contributed by atoms with van der Waals surface area (Å²) in [7, 11) is 0. The van der Waals surface area contributed by atoms with E-state index in [4.69, 9.17) is 5.73 Å². The van der Waals surface area contributed by atoms with E-state index in [0.717, 1.165) is 23.5 Å². The van der Waals surface area contributed by atoms with Crippen LogP contribution in [-0.4, -0.2) is 22.3 Å². The summed E-state index contributed by atoms with van der Waals surface area (Å²) in [6, 6.07) is 0.882. The van der Waals surface area contributed by atoms with E-state index >= 15 is 0 Å². The first-order valence-electron chi connectivity index (χ1n) is 5.70. The molecular formula is C11H20N4. The molecule has 1 aromatic heterocycles. The van der Waals surface area contributed by atoms with Crippen LogP contribution in [0, 0.1) is 13.8 Å². The Morgan fingerprint density at radius 1 is 1.40 bits per heavy atom. The van der Waals surface area contributed by atoms with Gasteiger partial charge >= 0.3 is 0 Å². The second-order valence-corrected chi connectivity index (χ2v) is 4.58. The van der Waals surface area contributed by atoms with Crippen molar-refractivity contribution in [3.63, 3.8) is 0 Å². The highest BCUT2D eigenvalue weighted by Gasteiger charge is 2.20. The van der Waals surface area contributed by atoms with Gasteiger partial charge < -0.3 is 11.1 Å². The Morgan fingerprint density at radius 2 is 2.20 bits per heavy atom. The van der Waals surface area contributed by atoms with E-state index < -0.39 is 0 Å². The number of nitrogens with zero attached hydrogens (tertiary/aromatic N) is 1. The lowest BCUT2D eigenvalue weighted by Crippen LogP contribution is -2.35. The Balaban J connectivity index is 2.02. The van der Waals surface area contributed by atoms with Crippen LogP contribution in [0.5, 0.6) is 0 Å². The number of hydrogen-bond donors (Lipinski definition) is 3. The predicted molar refractivity (Wildman–Crippen MR) is 61.9 cm³/mol. The quantitative estimate of drug-likeness (QED) is 0.693. The Morgan fingerprint density at radius 3 is 2.80 bits per heavy atom. The Labute approximate surface area is 90.6 Å². The second kappa shape index (κ2) is 4.23. The Kier molecular flexibility index (Phi) is 2.95. The topological polar surface area (TPSA) is 66.7 Å². The molecule has 0 bridgehead atoms. The molecule has 1 aliphatic carbocycles. The molecule has 0 aliphatic heterocycles. The molecule has 0 aromatic carbocycles. The molecule has 1 saturated carbocycles. The summed E-state index contributed by atoms with van der Waals surface area (Å²) >= 11 is 0. The largest absolute Gasteiger partial charge is 0.379 e. The lowest BCUT2D eigenvalue weighted by molar-refractivity contribution is 0.409. The van der Waals surface area contributed by atoms with E-state index in [1.54, 1.807) is 0 Å². The van der Waals surface area contributed by atoms with Crippen molar-refractivity contribution in [2.45, 2.75) is 51.6 Å². The molecular weight excluding hydrogens is 188 g/mol. The van der Waals surface area contributed by atoms with Crippen molar-refractivity contribution in [3.05, 3.63) is 11.4 Å². The van der Waals surface area contributed by atoms with Crippen LogP contribution in [0.15, 0.2) is 0 Å². The molecule has 0 amide bonds. The van der Waals surface area contributed by atoms with Gasteiger partial charge in [0.15, 0.2) is 0 Å². The van der Waals surface area contributed by atoms with E-state index in [1.807, 2.05) is 13.8 Å². The molecule has 4 heteroatoms. The molecule has 4 N–H and O–H groups in total. The summed E-state index contributed by atoms with van der Waals surface area (Å²) in [4.78, 5) is 0. The molecule has 2 unspecified atom stereocenters. The smallest absolute Gasteiger partial charge is 0.0825 e. The molecule has 0 radical (unpaired) electrons. The third kappa shape index (κ3) is 2.31. The first-order chi connectivity index (χ1) is 7.16. The van der Waals surface area contributed by atoms with Gasteiger partial charge in [-0.15, -0.1) is 0 Å². The fourth-order valence-corrected chi connectivity index (χ4v) is 2.33. The van der Waals surface area contributed by atoms with Gasteiger partial charge in [0.2, 0.25) is 0 Å². The van der Waals surface area contributed by atoms with Gasteiger partial charge in [-0.25, -0.2) is 0 Å². The maximum atomic E-state index is 5.97. The Bertz CT molecular complexity index is 312. The third-order valence-electron chi connectivity index (χ3n) is 3.19. The minimum Gasteiger partial charge on any atom is -0.379 e. The summed E-state index contributed by atoms with van der Waals surface area (Å²) in [5, 5.41) is 10.7. The summed E-state index contributed by atoms with van der Waals surface area (Å²) in [5.41, 5.74) is 9.29. The van der Waals surface area contributed by atoms with Crippen LogP contribution in [0.1, 0.15) is 37.1 Å². The lowest BCUT2D eigenvalue weighted by atomic mass is 9.91. The van der Waals surface area contributed by atoms with Crippen LogP contribution in [0.4, 0.5) is 5.69 Å². The first kappa shape index (κ1) is 10.5. The van der Waals surface area contributed by atoms with Crippen LogP contribution in [-0.2, 0) is 0 Å². The summed E-state index contributed by atoms with van der Waals surface area (Å²) < 4.78 is 0. The predicted octanol–water partition coefficient (Wildman–Crippen LogP) is 1.71. The minimum atomic E-state index is 0.365. The van der Waals surface area contributed by atoms with Gasteiger partial charge in [-0.3, -0.25) is 5.10 Å². The van der Waals surface area contributed by atoms with Crippen molar-refractivity contribution in [2.24, 2.45) is 5.73 Å². The van der Waals surface area contributed by atoms with E-state index in [1.165, 1.54) is 19.3 Å². The van der Waals surface area contributed by atoms with E-state index in [-0.39, 0.29) is 0 Å². The fourth-order valence-electron chi connectivity index (χ4n) is 2.33. The zero-order valence-electron chi connectivity index (χ0n) is 9.51. The van der Waals surface area contributed by atoms with Crippen LogP contribution < -0.4 is 11.1 Å². The number of nitrogens with one attached hydrogen (secondary N) is 2. The van der Waals surface area contributed by atoms with Crippen LogP contribution in [0.2, 0.25) is 0 Å². The normalized spacial score (nSPS) is 26.6. The average molecular weight is 208 g/mol. The zero-order valence-corrected chi connectivity index (χ0v) is 9.51. The number of H-pyrrole nitrogens is 1. The number of hydrogen-bond acceptors (Lipinski definition) is 3. The molecule has 4 nitrogen and oxygen atoms in total. The van der Waals surface area contributed by atoms with Crippen molar-refractivity contribution < 1.29 is 0 Å². The molecule has 0 spiro atoms. The van der Waals surface area contributed by atoms with Crippen LogP contribution >= 0.6 is 0 Å². The first-order valence-corrected chi connectivity index (χ1v) is 5.70. The SMILES string of the molecule is Cc1n[nH]c(C)c1NC1CCCC(N)C1. The van der Waals surface area contributed by atoms with Crippen LogP contribution in [0.3, 0.4) is 0 Å². The van der Waals surface area contributed by atoms with E-state index in [2.05, 4.69) is 15.5 Å². The monoisotopic (exact) mass is 208 g/mol. The van der Waals surface area contributed by atoms with Gasteiger partial charge in [0.1, 0.15) is 0 Å². The lowest BCUT2D eigenvalue weighted by Gasteiger charge is -2.28. The zero-order chi connectivity index (χ0) is 10.8. The molecule has 1 aliphatic rings. The summed E-state index contributed by atoms with van der Waals surface area (Å²) in [5.74, 6) is 0. The molecule has 0 saturated heterocycles. The number of aromatic amines is 1. The number of anilines is 1. The summed E-state index contributed by atoms with van der Waals surface area (Å²) in [6.07, 6.45) is 4.69. The molecule has 1 aromatic rings. The molecule has 15 heavy (non-hydrogen) atoms. The number of rotatable bonds is 2. The van der Waals surface area contributed by atoms with Gasteiger partial charge in [0, 0.05) is 12.1 Å². The van der Waals surface area contributed by atoms with Crippen molar-refractivity contribution in [1.82, 2.24) is 10.2 Å². The Hall–Kier alpha value is -1.03. The minimum absolute atomic E-state index is 0.365. The van der Waals surface area contributed by atoms with E-state index in [9.17, 15) is 0 Å². The average Bonchev–Trinajstić information content (AvgIpc) is 2.50. The fraction of sp³-hybridized carbons (Fsp3) is 0.727. The molecule has 2 atom stereocenters. The number of aryl methyl sites for hydroxylation is 2. The van der Waals surface area contributed by atoms with Gasteiger partial charge in [-0.1, -0.05) is 0 Å². The second-order valence-electron chi connectivity index (χ2n) is 4.58. The van der Waals surface area contributed by atoms with Gasteiger partial charge in [0.05, 0.1) is 17.1 Å². The third-order valence-corrected chi connectivity index (χ3v) is 3.19. The van der Waals surface area contributed by atoms with Crippen molar-refractivity contribution in [2.75, 3.05) is 5.32 Å². The highest BCUT2D eigenvalue weighted by molar-refractivity contribution is 5.52. The van der Waals surface area contributed by atoms with Crippen LogP contribution in [0.25, 0.3) is 0 Å². The van der Waals surface area contributed by atoms with Gasteiger partial charge in [-0.2, -0.15) is 5.10 Å².